The van der Waals surface area contributed by atoms with E-state index >= 15 is 0 Å². The van der Waals surface area contributed by atoms with Gasteiger partial charge in [-0.25, -0.2) is 9.07 Å². The fourth-order valence-electron chi connectivity index (χ4n) is 3.64. The number of nitrogens with zero attached hydrogens (tertiary/aromatic N) is 3. The Kier molecular flexibility index (Phi) is 5.70. The predicted molar refractivity (Wildman–Crippen MR) is 125 cm³/mol. The van der Waals surface area contributed by atoms with Gasteiger partial charge in [-0.3, -0.25) is 4.79 Å². The Morgan fingerprint density at radius 3 is 2.45 bits per heavy atom. The summed E-state index contributed by atoms with van der Waals surface area (Å²) in [5, 5.41) is 11.6. The molecular weight excluding hydrogens is 441 g/mol. The van der Waals surface area contributed by atoms with Gasteiger partial charge >= 0.3 is 0 Å². The van der Waals surface area contributed by atoms with Gasteiger partial charge in [0.1, 0.15) is 16.8 Å². The normalized spacial score (nSPS) is 17.0. The number of amides is 1. The van der Waals surface area contributed by atoms with Crippen molar-refractivity contribution < 1.29 is 13.9 Å². The highest BCUT2D eigenvalue weighted by Crippen LogP contribution is 2.39. The number of rotatable bonds is 5. The lowest BCUT2D eigenvalue weighted by molar-refractivity contribution is -0.116. The van der Waals surface area contributed by atoms with Gasteiger partial charge in [0, 0.05) is 11.3 Å². The van der Waals surface area contributed by atoms with E-state index in [1.807, 2.05) is 30.3 Å². The van der Waals surface area contributed by atoms with Crippen LogP contribution in [0.2, 0.25) is 0 Å². The molecule has 2 heterocycles. The number of fused-ring (bicyclic) bond motifs is 1. The largest absolute Gasteiger partial charge is 0.497 e. The molecule has 0 saturated heterocycles. The van der Waals surface area contributed by atoms with Crippen LogP contribution in [0.15, 0.2) is 84.0 Å². The summed E-state index contributed by atoms with van der Waals surface area (Å²) < 4.78 is 20.6. The van der Waals surface area contributed by atoms with Crippen LogP contribution in [0.3, 0.4) is 0 Å². The highest BCUT2D eigenvalue weighted by Gasteiger charge is 2.38. The first-order valence-corrected chi connectivity index (χ1v) is 11.1. The zero-order chi connectivity index (χ0) is 22.8. The van der Waals surface area contributed by atoms with Crippen molar-refractivity contribution in [3.8, 4) is 17.1 Å². The van der Waals surface area contributed by atoms with E-state index in [1.165, 1.54) is 23.9 Å². The number of hydrogen-bond donors (Lipinski definition) is 2. The molecule has 5 rings (SSSR count). The summed E-state index contributed by atoms with van der Waals surface area (Å²) in [6.07, 6.45) is 0. The third-order valence-corrected chi connectivity index (χ3v) is 6.53. The van der Waals surface area contributed by atoms with Crippen LogP contribution in [0, 0.1) is 5.82 Å². The number of anilines is 1. The molecule has 33 heavy (non-hydrogen) atoms. The number of aromatic nitrogens is 3. The first-order valence-electron chi connectivity index (χ1n) is 10.3. The minimum absolute atomic E-state index is 0.206. The molecule has 7 nitrogen and oxygen atoms in total. The molecule has 0 bridgehead atoms. The van der Waals surface area contributed by atoms with Crippen LogP contribution < -0.4 is 15.5 Å². The first kappa shape index (κ1) is 21.0. The quantitative estimate of drug-likeness (QED) is 0.456. The fraction of sp³-hybridized carbons (Fsp3) is 0.125. The number of nitrogens with one attached hydrogen (secondary N) is 2. The van der Waals surface area contributed by atoms with Gasteiger partial charge in [0.2, 0.25) is 11.1 Å². The predicted octanol–water partition coefficient (Wildman–Crippen LogP) is 4.49. The van der Waals surface area contributed by atoms with E-state index < -0.39 is 11.3 Å². The molecule has 0 saturated carbocycles. The minimum Gasteiger partial charge on any atom is -0.497 e. The van der Waals surface area contributed by atoms with Crippen LogP contribution in [-0.4, -0.2) is 33.1 Å². The van der Waals surface area contributed by atoms with Gasteiger partial charge in [-0.15, -0.1) is 10.2 Å². The average Bonchev–Trinajstić information content (AvgIpc) is 3.28. The van der Waals surface area contributed by atoms with Crippen LogP contribution in [0.5, 0.6) is 5.75 Å². The molecule has 1 aromatic heterocycles. The zero-order valence-corrected chi connectivity index (χ0v) is 18.4. The Hall–Kier alpha value is -3.85. The van der Waals surface area contributed by atoms with Crippen LogP contribution in [0.4, 0.5) is 10.1 Å². The van der Waals surface area contributed by atoms with Gasteiger partial charge in [-0.05, 0) is 42.0 Å². The SMILES string of the molecule is COc1ccc(NC(=O)C2Sc3nnc(-c4ccccc4)n3NC2c2ccc(F)cc2)cc1. The van der Waals surface area contributed by atoms with Crippen LogP contribution in [0.1, 0.15) is 11.6 Å². The maximum atomic E-state index is 13.6. The summed E-state index contributed by atoms with van der Waals surface area (Å²) in [4.78, 5) is 13.3. The van der Waals surface area contributed by atoms with Crippen molar-refractivity contribution in [2.45, 2.75) is 16.4 Å². The lowest BCUT2D eigenvalue weighted by Crippen LogP contribution is -2.41. The molecule has 4 aromatic rings. The number of methoxy groups -OCH3 is 1. The highest BCUT2D eigenvalue weighted by atomic mass is 32.2. The molecule has 3 aromatic carbocycles. The molecule has 1 amide bonds. The van der Waals surface area contributed by atoms with E-state index in [-0.39, 0.29) is 11.7 Å². The summed E-state index contributed by atoms with van der Waals surface area (Å²) in [6.45, 7) is 0. The molecule has 2 atom stereocenters. The number of hydrogen-bond acceptors (Lipinski definition) is 6. The molecule has 0 fully saturated rings. The van der Waals surface area contributed by atoms with Crippen LogP contribution >= 0.6 is 11.8 Å². The number of halogens is 1. The molecule has 2 N–H and O–H groups in total. The van der Waals surface area contributed by atoms with E-state index in [0.717, 1.165) is 11.1 Å². The summed E-state index contributed by atoms with van der Waals surface area (Å²) >= 11 is 1.31. The maximum absolute atomic E-state index is 13.6. The van der Waals surface area contributed by atoms with Crippen molar-refractivity contribution in [3.05, 3.63) is 90.2 Å². The number of thioether (sulfide) groups is 1. The van der Waals surface area contributed by atoms with Crippen molar-refractivity contribution in [1.29, 1.82) is 0 Å². The monoisotopic (exact) mass is 461 g/mol. The fourth-order valence-corrected chi connectivity index (χ4v) is 4.72. The Morgan fingerprint density at radius 1 is 1.03 bits per heavy atom. The number of carbonyl (C=O) groups is 1. The second-order valence-electron chi connectivity index (χ2n) is 7.42. The third-order valence-electron chi connectivity index (χ3n) is 5.31. The van der Waals surface area contributed by atoms with E-state index in [0.29, 0.717) is 22.4 Å². The second kappa shape index (κ2) is 8.95. The Morgan fingerprint density at radius 2 is 1.76 bits per heavy atom. The lowest BCUT2D eigenvalue weighted by atomic mass is 10.0. The Balaban J connectivity index is 1.48. The van der Waals surface area contributed by atoms with Crippen molar-refractivity contribution >= 4 is 23.4 Å². The molecule has 1 aliphatic rings. The topological polar surface area (TPSA) is 81.1 Å². The molecule has 9 heteroatoms. The Labute approximate surface area is 194 Å². The lowest BCUT2D eigenvalue weighted by Gasteiger charge is -2.33. The minimum atomic E-state index is -0.571. The highest BCUT2D eigenvalue weighted by molar-refractivity contribution is 8.00. The van der Waals surface area contributed by atoms with E-state index in [1.54, 1.807) is 48.2 Å². The molecule has 1 aliphatic heterocycles. The van der Waals surface area contributed by atoms with Crippen LogP contribution in [-0.2, 0) is 4.79 Å². The maximum Gasteiger partial charge on any atom is 0.240 e. The molecule has 0 spiro atoms. The van der Waals surface area contributed by atoms with E-state index in [9.17, 15) is 9.18 Å². The van der Waals surface area contributed by atoms with Gasteiger partial charge < -0.3 is 15.5 Å². The van der Waals surface area contributed by atoms with Gasteiger partial charge in [0.25, 0.3) is 0 Å². The summed E-state index contributed by atoms with van der Waals surface area (Å²) in [5.41, 5.74) is 5.70. The van der Waals surface area contributed by atoms with E-state index in [2.05, 4.69) is 20.9 Å². The van der Waals surface area contributed by atoms with Crippen molar-refractivity contribution in [2.24, 2.45) is 0 Å². The third kappa shape index (κ3) is 4.27. The molecule has 166 valence electrons. The van der Waals surface area contributed by atoms with Crippen LogP contribution in [0.25, 0.3) is 11.4 Å². The van der Waals surface area contributed by atoms with Gasteiger partial charge in [0.05, 0.1) is 13.2 Å². The number of ether oxygens (including phenoxy) is 1. The van der Waals surface area contributed by atoms with Gasteiger partial charge in [-0.2, -0.15) is 0 Å². The standard InChI is InChI=1S/C24H20FN5O2S/c1-32-19-13-11-18(12-14-19)26-23(31)21-20(15-7-9-17(25)10-8-15)29-30-22(27-28-24(30)33-21)16-5-3-2-4-6-16/h2-14,20-21,29H,1H3,(H,26,31). The molecular formula is C24H20FN5O2S. The average molecular weight is 462 g/mol. The summed E-state index contributed by atoms with van der Waals surface area (Å²) in [7, 11) is 1.59. The van der Waals surface area contributed by atoms with Crippen molar-refractivity contribution in [2.75, 3.05) is 17.9 Å². The summed E-state index contributed by atoms with van der Waals surface area (Å²) in [6, 6.07) is 22.5. The van der Waals surface area contributed by atoms with Gasteiger partial charge in [0.15, 0.2) is 5.82 Å². The second-order valence-corrected chi connectivity index (χ2v) is 8.53. The molecule has 0 radical (unpaired) electrons. The number of carbonyl (C=O) groups excluding carboxylic acids is 1. The molecule has 2 unspecified atom stereocenters. The number of benzene rings is 3. The zero-order valence-electron chi connectivity index (χ0n) is 17.6. The van der Waals surface area contributed by atoms with Crippen molar-refractivity contribution in [3.63, 3.8) is 0 Å². The molecule has 0 aliphatic carbocycles. The van der Waals surface area contributed by atoms with Crippen molar-refractivity contribution in [1.82, 2.24) is 14.9 Å². The smallest absolute Gasteiger partial charge is 0.240 e. The summed E-state index contributed by atoms with van der Waals surface area (Å²) in [5.74, 6) is 0.797. The first-order chi connectivity index (χ1) is 16.1. The van der Waals surface area contributed by atoms with Gasteiger partial charge in [-0.1, -0.05) is 54.2 Å². The Bertz CT molecular complexity index is 1260. The van der Waals surface area contributed by atoms with E-state index in [4.69, 9.17) is 4.74 Å².